The Hall–Kier alpha value is -1.67. The fourth-order valence-corrected chi connectivity index (χ4v) is 8.08. The van der Waals surface area contributed by atoms with Crippen LogP contribution in [0.2, 0.25) is 0 Å². The predicted octanol–water partition coefficient (Wildman–Crippen LogP) is -0.967. The van der Waals surface area contributed by atoms with Crippen LogP contribution in [-0.4, -0.2) is 98.7 Å². The first kappa shape index (κ1) is 23.4. The largest absolute Gasteiger partial charge is 0.461 e. The first-order valence-electron chi connectivity index (χ1n) is 12.4. The molecule has 1 spiro atoms. The van der Waals surface area contributed by atoms with Gasteiger partial charge in [-0.05, 0) is 25.0 Å². The van der Waals surface area contributed by atoms with Crippen molar-refractivity contribution in [3.8, 4) is 0 Å². The SMILES string of the molecule is CC12CC3(O)OC14OC4[C@]1(COC(=O)c4ccccc4)[C@@H]3CC1(O[C@@H]1OC(CO)[C@@H](O)C(O)[C@@H]1O)C2. The lowest BCUT2D eigenvalue weighted by atomic mass is 9.41. The molecule has 11 heteroatoms. The van der Waals surface area contributed by atoms with Gasteiger partial charge in [0.2, 0.25) is 5.79 Å². The van der Waals surface area contributed by atoms with E-state index in [2.05, 4.69) is 0 Å². The maximum absolute atomic E-state index is 12.9. The molecule has 6 fully saturated rings. The minimum atomic E-state index is -1.59. The van der Waals surface area contributed by atoms with Crippen LogP contribution in [0.4, 0.5) is 0 Å². The summed E-state index contributed by atoms with van der Waals surface area (Å²) >= 11 is 0. The number of rotatable bonds is 6. The van der Waals surface area contributed by atoms with Crippen molar-refractivity contribution < 1.29 is 54.0 Å². The van der Waals surface area contributed by atoms with Gasteiger partial charge in [-0.1, -0.05) is 25.1 Å². The molecule has 0 radical (unpaired) electrons. The Morgan fingerprint density at radius 2 is 1.86 bits per heavy atom. The summed E-state index contributed by atoms with van der Waals surface area (Å²) in [4.78, 5) is 12.9. The molecule has 11 nitrogen and oxygen atoms in total. The molecule has 5 N–H and O–H groups in total. The van der Waals surface area contributed by atoms with Crippen LogP contribution in [0.1, 0.15) is 36.5 Å². The van der Waals surface area contributed by atoms with Crippen molar-refractivity contribution in [3.63, 3.8) is 0 Å². The van der Waals surface area contributed by atoms with Gasteiger partial charge in [-0.3, -0.25) is 0 Å². The van der Waals surface area contributed by atoms with Gasteiger partial charge >= 0.3 is 5.97 Å². The summed E-state index contributed by atoms with van der Waals surface area (Å²) in [5.74, 6) is -3.50. The van der Waals surface area contributed by atoms with Gasteiger partial charge in [-0.15, -0.1) is 0 Å². The molecule has 4 saturated heterocycles. The average molecular weight is 507 g/mol. The van der Waals surface area contributed by atoms with Gasteiger partial charge in [0.15, 0.2) is 12.1 Å². The fraction of sp³-hybridized carbons (Fsp3) is 0.720. The van der Waals surface area contributed by atoms with Crippen LogP contribution in [0.15, 0.2) is 30.3 Å². The Kier molecular flexibility index (Phi) is 4.59. The van der Waals surface area contributed by atoms with Gasteiger partial charge in [-0.25, -0.2) is 4.79 Å². The van der Waals surface area contributed by atoms with E-state index >= 15 is 0 Å². The smallest absolute Gasteiger partial charge is 0.338 e. The van der Waals surface area contributed by atoms with E-state index in [9.17, 15) is 30.3 Å². The molecule has 12 atom stereocenters. The van der Waals surface area contributed by atoms with Crippen LogP contribution in [-0.2, 0) is 23.7 Å². The van der Waals surface area contributed by atoms with Crippen LogP contribution in [0.25, 0.3) is 0 Å². The lowest BCUT2D eigenvalue weighted by molar-refractivity contribution is -0.425. The first-order valence-corrected chi connectivity index (χ1v) is 12.4. The summed E-state index contributed by atoms with van der Waals surface area (Å²) in [7, 11) is 0. The second-order valence-corrected chi connectivity index (χ2v) is 11.6. The van der Waals surface area contributed by atoms with E-state index in [4.69, 9.17) is 23.7 Å². The molecule has 1 aromatic rings. The number of epoxide rings is 1. The molecule has 0 aromatic heterocycles. The summed E-state index contributed by atoms with van der Waals surface area (Å²) in [6.07, 6.45) is -6.70. The molecule has 2 aliphatic carbocycles. The van der Waals surface area contributed by atoms with Gasteiger partial charge in [0.25, 0.3) is 0 Å². The highest BCUT2D eigenvalue weighted by molar-refractivity contribution is 5.89. The van der Waals surface area contributed by atoms with E-state index in [0.29, 0.717) is 24.8 Å². The summed E-state index contributed by atoms with van der Waals surface area (Å²) < 4.78 is 30.3. The van der Waals surface area contributed by atoms with E-state index in [0.717, 1.165) is 0 Å². The molecule has 3 bridgehead atoms. The van der Waals surface area contributed by atoms with Crippen LogP contribution >= 0.6 is 0 Å². The predicted molar refractivity (Wildman–Crippen MR) is 116 cm³/mol. The van der Waals surface area contributed by atoms with Gasteiger partial charge < -0.3 is 49.2 Å². The van der Waals surface area contributed by atoms with Crippen molar-refractivity contribution in [1.29, 1.82) is 0 Å². The number of ether oxygens (including phenoxy) is 5. The van der Waals surface area contributed by atoms with Crippen molar-refractivity contribution in [1.82, 2.24) is 0 Å². The summed E-state index contributed by atoms with van der Waals surface area (Å²) in [6.45, 7) is 1.27. The maximum atomic E-state index is 12.9. The summed E-state index contributed by atoms with van der Waals surface area (Å²) in [5, 5.41) is 52.4. The zero-order valence-electron chi connectivity index (χ0n) is 19.6. The molecule has 0 amide bonds. The van der Waals surface area contributed by atoms with Gasteiger partial charge in [0.05, 0.1) is 23.2 Å². The number of esters is 1. The van der Waals surface area contributed by atoms with Crippen molar-refractivity contribution in [2.75, 3.05) is 13.2 Å². The molecule has 196 valence electrons. The Labute approximate surface area is 206 Å². The quantitative estimate of drug-likeness (QED) is 0.238. The Morgan fingerprint density at radius 1 is 1.11 bits per heavy atom. The van der Waals surface area contributed by atoms with E-state index in [1.54, 1.807) is 30.3 Å². The van der Waals surface area contributed by atoms with Crippen molar-refractivity contribution in [2.45, 2.75) is 80.2 Å². The topological polar surface area (TPSA) is 168 Å². The number of carbonyl (C=O) groups excluding carboxylic acids is 1. The third-order valence-corrected chi connectivity index (χ3v) is 9.73. The van der Waals surface area contributed by atoms with Crippen molar-refractivity contribution in [3.05, 3.63) is 35.9 Å². The number of hydrogen-bond acceptors (Lipinski definition) is 11. The van der Waals surface area contributed by atoms with Crippen LogP contribution in [0, 0.1) is 16.7 Å². The number of fused-ring (bicyclic) bond motifs is 2. The second-order valence-electron chi connectivity index (χ2n) is 11.6. The second kappa shape index (κ2) is 7.04. The molecule has 4 heterocycles. The average Bonchev–Trinajstić information content (AvgIpc) is 3.56. The highest BCUT2D eigenvalue weighted by atomic mass is 16.8. The monoisotopic (exact) mass is 506 g/mol. The van der Waals surface area contributed by atoms with Crippen LogP contribution in [0.3, 0.4) is 0 Å². The molecule has 36 heavy (non-hydrogen) atoms. The molecule has 7 rings (SSSR count). The Balaban J connectivity index is 1.24. The highest BCUT2D eigenvalue weighted by Gasteiger charge is 2.98. The highest BCUT2D eigenvalue weighted by Crippen LogP contribution is 2.87. The number of hydrogen-bond donors (Lipinski definition) is 5. The molecular formula is C25H30O11. The first-order chi connectivity index (χ1) is 17.0. The zero-order valence-corrected chi connectivity index (χ0v) is 19.6. The van der Waals surface area contributed by atoms with Crippen LogP contribution in [0.5, 0.6) is 0 Å². The van der Waals surface area contributed by atoms with Crippen molar-refractivity contribution in [2.24, 2.45) is 16.7 Å². The molecule has 1 aromatic carbocycles. The zero-order chi connectivity index (χ0) is 25.3. The molecular weight excluding hydrogens is 476 g/mol. The van der Waals surface area contributed by atoms with Crippen LogP contribution < -0.4 is 0 Å². The van der Waals surface area contributed by atoms with E-state index in [-0.39, 0.29) is 6.61 Å². The third kappa shape index (κ3) is 2.56. The molecule has 6 aliphatic rings. The van der Waals surface area contributed by atoms with Gasteiger partial charge in [-0.2, -0.15) is 0 Å². The number of aliphatic hydroxyl groups is 5. The van der Waals surface area contributed by atoms with Gasteiger partial charge in [0, 0.05) is 17.8 Å². The number of benzene rings is 1. The van der Waals surface area contributed by atoms with E-state index in [1.807, 2.05) is 6.92 Å². The minimum Gasteiger partial charge on any atom is -0.461 e. The van der Waals surface area contributed by atoms with E-state index in [1.165, 1.54) is 0 Å². The maximum Gasteiger partial charge on any atom is 0.338 e. The normalized spacial score (nSPS) is 55.6. The molecule has 7 unspecified atom stereocenters. The minimum absolute atomic E-state index is 0.114. The Morgan fingerprint density at radius 3 is 2.58 bits per heavy atom. The van der Waals surface area contributed by atoms with Crippen molar-refractivity contribution >= 4 is 5.97 Å². The molecule has 2 saturated carbocycles. The summed E-state index contributed by atoms with van der Waals surface area (Å²) in [6, 6.07) is 8.56. The molecule has 4 aliphatic heterocycles. The Bertz CT molecular complexity index is 1100. The van der Waals surface area contributed by atoms with Gasteiger partial charge in [0.1, 0.15) is 37.1 Å². The lowest BCUT2D eigenvalue weighted by Gasteiger charge is -2.69. The number of aliphatic hydroxyl groups excluding tert-OH is 4. The third-order valence-electron chi connectivity index (χ3n) is 9.73. The lowest BCUT2D eigenvalue weighted by Crippen LogP contribution is -2.80. The standard InChI is InChI=1S/C25H30O11/c1-21-9-22(34-19-17(29)16(28)15(27)13(8-26)33-19)7-14-23(22,11-32-18(30)12-5-3-2-4-6-12)20-25(21,35-20)36-24(14,31)10-21/h2-6,13-17,19-20,26-29,31H,7-11H2,1H3/t13?,14-,15+,16?,17-,19-,20?,21?,22?,23-,24?,25?/m0/s1. The summed E-state index contributed by atoms with van der Waals surface area (Å²) in [5.41, 5.74) is -2.26. The van der Waals surface area contributed by atoms with E-state index < -0.39 is 83.3 Å². The number of carbonyl (C=O) groups is 1. The fourth-order valence-electron chi connectivity index (χ4n) is 8.08.